The third-order valence-corrected chi connectivity index (χ3v) is 2.16. The number of aliphatic hydroxyl groups is 1. The smallest absolute Gasteiger partial charge is 0.228 e. The van der Waals surface area contributed by atoms with Gasteiger partial charge < -0.3 is 14.7 Å². The fraction of sp³-hybridized carbons (Fsp3) is 0.857. The SMILES string of the molecule is CO[C@@H]1CN(C(=O)CN=[N+]=[N-])C[C@@H]1O. The molecule has 7 nitrogen and oxygen atoms in total. The fourth-order valence-electron chi connectivity index (χ4n) is 1.38. The normalized spacial score (nSPS) is 26.0. The van der Waals surface area contributed by atoms with Crippen LogP contribution < -0.4 is 0 Å². The summed E-state index contributed by atoms with van der Waals surface area (Å²) in [6, 6.07) is 0. The van der Waals surface area contributed by atoms with E-state index in [1.165, 1.54) is 12.0 Å². The molecule has 2 atom stereocenters. The molecule has 1 N–H and O–H groups in total. The molecule has 0 saturated carbocycles. The molecule has 0 aromatic carbocycles. The van der Waals surface area contributed by atoms with E-state index in [-0.39, 0.29) is 25.1 Å². The van der Waals surface area contributed by atoms with Crippen LogP contribution in [0.2, 0.25) is 0 Å². The minimum Gasteiger partial charge on any atom is -0.388 e. The van der Waals surface area contributed by atoms with Crippen LogP contribution in [0.1, 0.15) is 0 Å². The van der Waals surface area contributed by atoms with Crippen LogP contribution in [0.3, 0.4) is 0 Å². The number of rotatable bonds is 3. The maximum Gasteiger partial charge on any atom is 0.228 e. The van der Waals surface area contributed by atoms with Gasteiger partial charge in [-0.3, -0.25) is 4.79 Å². The lowest BCUT2D eigenvalue weighted by molar-refractivity contribution is -0.129. The molecule has 0 aliphatic carbocycles. The van der Waals surface area contributed by atoms with E-state index in [0.717, 1.165) is 0 Å². The van der Waals surface area contributed by atoms with Gasteiger partial charge in [-0.05, 0) is 5.53 Å². The number of carbonyl (C=O) groups is 1. The van der Waals surface area contributed by atoms with Crippen molar-refractivity contribution in [3.05, 3.63) is 10.4 Å². The average Bonchev–Trinajstić information content (AvgIpc) is 2.56. The summed E-state index contributed by atoms with van der Waals surface area (Å²) in [6.07, 6.45) is -1.000. The van der Waals surface area contributed by atoms with Crippen molar-refractivity contribution in [3.63, 3.8) is 0 Å². The zero-order chi connectivity index (χ0) is 10.6. The van der Waals surface area contributed by atoms with E-state index in [1.54, 1.807) is 0 Å². The van der Waals surface area contributed by atoms with E-state index in [4.69, 9.17) is 10.3 Å². The Bertz CT molecular complexity index is 264. The molecule has 0 aromatic heterocycles. The minimum atomic E-state index is -0.657. The van der Waals surface area contributed by atoms with Gasteiger partial charge in [-0.1, -0.05) is 5.11 Å². The summed E-state index contributed by atoms with van der Waals surface area (Å²) in [7, 11) is 1.48. The van der Waals surface area contributed by atoms with Crippen molar-refractivity contribution in [1.29, 1.82) is 0 Å². The molecule has 7 heteroatoms. The molecule has 0 aromatic rings. The molecule has 1 aliphatic rings. The highest BCUT2D eigenvalue weighted by Gasteiger charge is 2.33. The molecule has 0 spiro atoms. The van der Waals surface area contributed by atoms with E-state index < -0.39 is 6.10 Å². The zero-order valence-corrected chi connectivity index (χ0v) is 7.83. The van der Waals surface area contributed by atoms with Crippen LogP contribution in [0, 0.1) is 0 Å². The number of likely N-dealkylation sites (tertiary alicyclic amines) is 1. The van der Waals surface area contributed by atoms with Gasteiger partial charge >= 0.3 is 0 Å². The van der Waals surface area contributed by atoms with Crippen molar-refractivity contribution in [2.24, 2.45) is 5.11 Å². The van der Waals surface area contributed by atoms with Gasteiger partial charge in [0, 0.05) is 25.1 Å². The van der Waals surface area contributed by atoms with Crippen LogP contribution in [0.25, 0.3) is 10.4 Å². The van der Waals surface area contributed by atoms with Crippen molar-refractivity contribution in [2.75, 3.05) is 26.7 Å². The highest BCUT2D eigenvalue weighted by Crippen LogP contribution is 2.12. The van der Waals surface area contributed by atoms with Crippen LogP contribution in [-0.4, -0.2) is 54.9 Å². The van der Waals surface area contributed by atoms with Gasteiger partial charge in [-0.25, -0.2) is 0 Å². The number of methoxy groups -OCH3 is 1. The molecule has 0 bridgehead atoms. The monoisotopic (exact) mass is 200 g/mol. The first-order valence-corrected chi connectivity index (χ1v) is 4.18. The van der Waals surface area contributed by atoms with E-state index in [9.17, 15) is 9.90 Å². The lowest BCUT2D eigenvalue weighted by Gasteiger charge is -2.13. The lowest BCUT2D eigenvalue weighted by Crippen LogP contribution is -2.31. The summed E-state index contributed by atoms with van der Waals surface area (Å²) in [6.45, 7) is 0.370. The quantitative estimate of drug-likeness (QED) is 0.378. The van der Waals surface area contributed by atoms with Gasteiger partial charge in [0.25, 0.3) is 0 Å². The molecule has 78 valence electrons. The van der Waals surface area contributed by atoms with E-state index in [2.05, 4.69) is 10.0 Å². The molecule has 1 amide bonds. The Morgan fingerprint density at radius 1 is 1.79 bits per heavy atom. The Morgan fingerprint density at radius 2 is 2.50 bits per heavy atom. The molecule has 1 aliphatic heterocycles. The number of azide groups is 1. The summed E-state index contributed by atoms with van der Waals surface area (Å²) in [4.78, 5) is 15.2. The van der Waals surface area contributed by atoms with Crippen LogP contribution in [0.5, 0.6) is 0 Å². The number of β-amino-alcohol motifs (C(OH)–C–C–N with tert-alkyl or cyclic N) is 1. The van der Waals surface area contributed by atoms with Gasteiger partial charge in [0.15, 0.2) is 0 Å². The standard InChI is InChI=1S/C7H12N4O3/c1-14-6-4-11(3-5(6)12)7(13)2-9-10-8/h5-6,12H,2-4H2,1H3/t5-,6+/m0/s1. The molecular weight excluding hydrogens is 188 g/mol. The number of carbonyl (C=O) groups excluding carboxylic acids is 1. The number of amides is 1. The molecule has 14 heavy (non-hydrogen) atoms. The topological polar surface area (TPSA) is 98.5 Å². The molecule has 1 saturated heterocycles. The van der Waals surface area contributed by atoms with Gasteiger partial charge in [0.05, 0.1) is 6.10 Å². The summed E-state index contributed by atoms with van der Waals surface area (Å²) >= 11 is 0. The predicted octanol–water partition coefficient (Wildman–Crippen LogP) is -0.485. The minimum absolute atomic E-state index is 0.209. The zero-order valence-electron chi connectivity index (χ0n) is 7.83. The lowest BCUT2D eigenvalue weighted by atomic mass is 10.3. The Kier molecular flexibility index (Phi) is 3.70. The number of ether oxygens (including phenoxy) is 1. The molecule has 0 radical (unpaired) electrons. The third kappa shape index (κ3) is 2.35. The van der Waals surface area contributed by atoms with Crippen LogP contribution in [-0.2, 0) is 9.53 Å². The van der Waals surface area contributed by atoms with E-state index in [1.807, 2.05) is 0 Å². The van der Waals surface area contributed by atoms with Gasteiger partial charge in [-0.2, -0.15) is 0 Å². The van der Waals surface area contributed by atoms with E-state index in [0.29, 0.717) is 6.54 Å². The second kappa shape index (κ2) is 4.80. The number of aliphatic hydroxyl groups excluding tert-OH is 1. The second-order valence-electron chi connectivity index (χ2n) is 3.03. The summed E-state index contributed by atoms with van der Waals surface area (Å²) in [5, 5.41) is 12.6. The highest BCUT2D eigenvalue weighted by molar-refractivity contribution is 5.78. The summed E-state index contributed by atoms with van der Waals surface area (Å²) in [5.74, 6) is -0.290. The molecule has 0 unspecified atom stereocenters. The van der Waals surface area contributed by atoms with Crippen molar-refractivity contribution in [2.45, 2.75) is 12.2 Å². The van der Waals surface area contributed by atoms with Crippen molar-refractivity contribution in [1.82, 2.24) is 4.90 Å². The first kappa shape index (κ1) is 10.8. The maximum atomic E-state index is 11.3. The predicted molar refractivity (Wildman–Crippen MR) is 47.4 cm³/mol. The van der Waals surface area contributed by atoms with Crippen molar-refractivity contribution >= 4 is 5.91 Å². The highest BCUT2D eigenvalue weighted by atomic mass is 16.5. The number of hydrogen-bond donors (Lipinski definition) is 1. The second-order valence-corrected chi connectivity index (χ2v) is 3.03. The van der Waals surface area contributed by atoms with Crippen LogP contribution in [0.15, 0.2) is 5.11 Å². The third-order valence-electron chi connectivity index (χ3n) is 2.16. The first-order valence-electron chi connectivity index (χ1n) is 4.18. The largest absolute Gasteiger partial charge is 0.388 e. The van der Waals surface area contributed by atoms with Crippen LogP contribution in [0.4, 0.5) is 0 Å². The number of nitrogens with zero attached hydrogens (tertiary/aromatic N) is 4. The van der Waals surface area contributed by atoms with Gasteiger partial charge in [0.2, 0.25) is 5.91 Å². The fourth-order valence-corrected chi connectivity index (χ4v) is 1.38. The Labute approximate surface area is 80.9 Å². The Hall–Kier alpha value is -1.30. The van der Waals surface area contributed by atoms with Crippen molar-refractivity contribution < 1.29 is 14.6 Å². The molecule has 1 fully saturated rings. The maximum absolute atomic E-state index is 11.3. The number of hydrogen-bond acceptors (Lipinski definition) is 4. The Balaban J connectivity index is 2.48. The van der Waals surface area contributed by atoms with Crippen molar-refractivity contribution in [3.8, 4) is 0 Å². The van der Waals surface area contributed by atoms with Gasteiger partial charge in [0.1, 0.15) is 12.6 Å². The summed E-state index contributed by atoms with van der Waals surface area (Å²) < 4.78 is 4.96. The summed E-state index contributed by atoms with van der Waals surface area (Å²) in [5.41, 5.74) is 8.02. The van der Waals surface area contributed by atoms with Crippen LogP contribution >= 0.6 is 0 Å². The average molecular weight is 200 g/mol. The molecule has 1 heterocycles. The first-order chi connectivity index (χ1) is 6.69. The molecule has 1 rings (SSSR count). The molecular formula is C7H12N4O3. The Morgan fingerprint density at radius 3 is 3.00 bits per heavy atom. The van der Waals surface area contributed by atoms with E-state index >= 15 is 0 Å². The van der Waals surface area contributed by atoms with Gasteiger partial charge in [-0.15, -0.1) is 0 Å².